The second kappa shape index (κ2) is 8.38. The van der Waals surface area contributed by atoms with Gasteiger partial charge in [-0.3, -0.25) is 19.3 Å². The zero-order valence-corrected chi connectivity index (χ0v) is 18.0. The summed E-state index contributed by atoms with van der Waals surface area (Å²) in [4.78, 5) is 42.5. The van der Waals surface area contributed by atoms with Gasteiger partial charge in [0, 0.05) is 37.4 Å². The van der Waals surface area contributed by atoms with Crippen LogP contribution in [-0.2, 0) is 9.59 Å². The predicted octanol–water partition coefficient (Wildman–Crippen LogP) is 3.65. The minimum Gasteiger partial charge on any atom is -0.369 e. The lowest BCUT2D eigenvalue weighted by atomic mass is 10.1. The molecule has 0 bridgehead atoms. The quantitative estimate of drug-likeness (QED) is 0.530. The van der Waals surface area contributed by atoms with Crippen molar-refractivity contribution in [3.05, 3.63) is 58.1 Å². The van der Waals surface area contributed by atoms with Gasteiger partial charge in [0.05, 0.1) is 28.2 Å². The van der Waals surface area contributed by atoms with Gasteiger partial charge in [0.25, 0.3) is 5.91 Å². The molecule has 0 spiro atoms. The van der Waals surface area contributed by atoms with Gasteiger partial charge in [0.1, 0.15) is 0 Å². The number of Topliss-reactive ketones (excluding diaryl/α,β-unsaturated/α-hetero) is 1. The molecule has 2 aromatic rings. The van der Waals surface area contributed by atoms with E-state index < -0.39 is 6.04 Å². The van der Waals surface area contributed by atoms with Gasteiger partial charge in [0.15, 0.2) is 5.78 Å². The zero-order chi connectivity index (χ0) is 21.4. The number of ketones is 1. The highest BCUT2D eigenvalue weighted by molar-refractivity contribution is 6.42. The molecule has 1 atom stereocenters. The molecule has 30 heavy (non-hydrogen) atoms. The standard InChI is InChI=1S/C22H21Cl2N3O3/c1-14(28)15-2-4-16(5-3-15)25-8-10-26(11-9-25)20-13-21(29)27(22(20)30)17-6-7-18(23)19(24)12-17/h2-7,12,20H,8-11,13H2,1H3/t20-/m1/s1. The molecule has 0 N–H and O–H groups in total. The van der Waals surface area contributed by atoms with Gasteiger partial charge in [-0.2, -0.15) is 0 Å². The molecule has 2 aliphatic heterocycles. The Bertz CT molecular complexity index is 1000. The third-order valence-corrected chi connectivity index (χ3v) is 6.42. The summed E-state index contributed by atoms with van der Waals surface area (Å²) >= 11 is 12.0. The van der Waals surface area contributed by atoms with E-state index in [-0.39, 0.29) is 24.0 Å². The third-order valence-electron chi connectivity index (χ3n) is 5.68. The first kappa shape index (κ1) is 20.8. The Morgan fingerprint density at radius 2 is 1.53 bits per heavy atom. The van der Waals surface area contributed by atoms with Crippen LogP contribution in [0.5, 0.6) is 0 Å². The smallest absolute Gasteiger partial charge is 0.251 e. The summed E-state index contributed by atoms with van der Waals surface area (Å²) in [7, 11) is 0. The van der Waals surface area contributed by atoms with Crippen LogP contribution >= 0.6 is 23.2 Å². The van der Waals surface area contributed by atoms with Crippen molar-refractivity contribution >= 4 is 52.2 Å². The van der Waals surface area contributed by atoms with Crippen molar-refractivity contribution in [1.82, 2.24) is 4.90 Å². The van der Waals surface area contributed by atoms with Crippen LogP contribution in [-0.4, -0.2) is 54.7 Å². The molecule has 2 heterocycles. The molecule has 6 nitrogen and oxygen atoms in total. The van der Waals surface area contributed by atoms with E-state index in [9.17, 15) is 14.4 Å². The van der Waals surface area contributed by atoms with E-state index in [4.69, 9.17) is 23.2 Å². The monoisotopic (exact) mass is 445 g/mol. The van der Waals surface area contributed by atoms with E-state index in [0.717, 1.165) is 18.8 Å². The minimum absolute atomic E-state index is 0.0438. The summed E-state index contributed by atoms with van der Waals surface area (Å²) in [6.45, 7) is 4.38. The number of amides is 2. The van der Waals surface area contributed by atoms with Gasteiger partial charge in [-0.15, -0.1) is 0 Å². The average Bonchev–Trinajstić information content (AvgIpc) is 3.04. The molecule has 0 saturated carbocycles. The number of benzene rings is 2. The van der Waals surface area contributed by atoms with E-state index >= 15 is 0 Å². The largest absolute Gasteiger partial charge is 0.369 e. The van der Waals surface area contributed by atoms with E-state index in [2.05, 4.69) is 9.80 Å². The Balaban J connectivity index is 1.42. The van der Waals surface area contributed by atoms with Crippen molar-refractivity contribution in [1.29, 1.82) is 0 Å². The van der Waals surface area contributed by atoms with Gasteiger partial charge < -0.3 is 4.90 Å². The van der Waals surface area contributed by atoms with Gasteiger partial charge in [-0.25, -0.2) is 4.90 Å². The third kappa shape index (κ3) is 3.95. The average molecular weight is 446 g/mol. The van der Waals surface area contributed by atoms with Crippen molar-refractivity contribution in [3.63, 3.8) is 0 Å². The van der Waals surface area contributed by atoms with E-state index in [1.165, 1.54) is 4.90 Å². The number of hydrogen-bond acceptors (Lipinski definition) is 5. The van der Waals surface area contributed by atoms with Gasteiger partial charge in [-0.1, -0.05) is 23.2 Å². The number of halogens is 2. The molecule has 2 amide bonds. The Morgan fingerprint density at radius 3 is 2.13 bits per heavy atom. The van der Waals surface area contributed by atoms with Crippen LogP contribution in [0.4, 0.5) is 11.4 Å². The fraction of sp³-hybridized carbons (Fsp3) is 0.318. The second-order valence-corrected chi connectivity index (χ2v) is 8.33. The Hall–Kier alpha value is -2.41. The summed E-state index contributed by atoms with van der Waals surface area (Å²) < 4.78 is 0. The Kier molecular flexibility index (Phi) is 5.82. The SMILES string of the molecule is CC(=O)c1ccc(N2CCN([C@@H]3CC(=O)N(c4ccc(Cl)c(Cl)c4)C3=O)CC2)cc1. The fourth-order valence-corrected chi connectivity index (χ4v) is 4.29. The number of anilines is 2. The molecule has 156 valence electrons. The molecule has 2 saturated heterocycles. The van der Waals surface area contributed by atoms with E-state index in [1.54, 1.807) is 25.1 Å². The fourth-order valence-electron chi connectivity index (χ4n) is 4.00. The van der Waals surface area contributed by atoms with Crippen molar-refractivity contribution in [2.45, 2.75) is 19.4 Å². The zero-order valence-electron chi connectivity index (χ0n) is 16.5. The van der Waals surface area contributed by atoms with Crippen LogP contribution in [0.2, 0.25) is 10.0 Å². The summed E-state index contributed by atoms with van der Waals surface area (Å²) in [6, 6.07) is 11.9. The Labute approximate surface area is 184 Å². The highest BCUT2D eigenvalue weighted by Gasteiger charge is 2.43. The summed E-state index contributed by atoms with van der Waals surface area (Å²) in [5.41, 5.74) is 2.19. The van der Waals surface area contributed by atoms with Gasteiger partial charge in [-0.05, 0) is 49.4 Å². The van der Waals surface area contributed by atoms with Crippen LogP contribution in [0.15, 0.2) is 42.5 Å². The van der Waals surface area contributed by atoms with Crippen LogP contribution in [0.3, 0.4) is 0 Å². The van der Waals surface area contributed by atoms with Crippen molar-refractivity contribution in [2.75, 3.05) is 36.0 Å². The number of carbonyl (C=O) groups is 3. The predicted molar refractivity (Wildman–Crippen MR) is 118 cm³/mol. The first-order valence-electron chi connectivity index (χ1n) is 9.77. The molecule has 0 aliphatic carbocycles. The maximum atomic E-state index is 13.0. The minimum atomic E-state index is -0.464. The summed E-state index contributed by atoms with van der Waals surface area (Å²) in [6.07, 6.45) is 0.159. The van der Waals surface area contributed by atoms with Crippen LogP contribution < -0.4 is 9.80 Å². The number of nitrogens with zero attached hydrogens (tertiary/aromatic N) is 3. The molecular weight excluding hydrogens is 425 g/mol. The Morgan fingerprint density at radius 1 is 0.900 bits per heavy atom. The second-order valence-electron chi connectivity index (χ2n) is 7.51. The number of hydrogen-bond donors (Lipinski definition) is 0. The lowest BCUT2D eigenvalue weighted by Crippen LogP contribution is -2.52. The van der Waals surface area contributed by atoms with E-state index in [1.807, 2.05) is 24.3 Å². The highest BCUT2D eigenvalue weighted by Crippen LogP contribution is 2.31. The number of rotatable bonds is 4. The maximum Gasteiger partial charge on any atom is 0.251 e. The van der Waals surface area contributed by atoms with Crippen LogP contribution in [0.1, 0.15) is 23.7 Å². The number of piperazine rings is 1. The first-order valence-corrected chi connectivity index (χ1v) is 10.5. The molecule has 0 unspecified atom stereocenters. The van der Waals surface area contributed by atoms with Gasteiger partial charge >= 0.3 is 0 Å². The lowest BCUT2D eigenvalue weighted by Gasteiger charge is -2.38. The topological polar surface area (TPSA) is 60.9 Å². The molecule has 8 heteroatoms. The van der Waals surface area contributed by atoms with Crippen LogP contribution in [0.25, 0.3) is 0 Å². The van der Waals surface area contributed by atoms with Gasteiger partial charge in [0.2, 0.25) is 5.91 Å². The maximum absolute atomic E-state index is 13.0. The molecule has 0 aromatic heterocycles. The number of imide groups is 1. The molecule has 0 radical (unpaired) electrons. The lowest BCUT2D eigenvalue weighted by molar-refractivity contribution is -0.123. The molecule has 4 rings (SSSR count). The summed E-state index contributed by atoms with van der Waals surface area (Å²) in [5.74, 6) is -0.411. The van der Waals surface area contributed by atoms with E-state index in [0.29, 0.717) is 34.4 Å². The van der Waals surface area contributed by atoms with Crippen LogP contribution in [0, 0.1) is 0 Å². The van der Waals surface area contributed by atoms with Crippen molar-refractivity contribution < 1.29 is 14.4 Å². The molecule has 2 fully saturated rings. The molecule has 2 aliphatic rings. The highest BCUT2D eigenvalue weighted by atomic mass is 35.5. The van der Waals surface area contributed by atoms with Crippen molar-refractivity contribution in [2.24, 2.45) is 0 Å². The normalized spacial score (nSPS) is 20.2. The molecular formula is C22H21Cl2N3O3. The van der Waals surface area contributed by atoms with Crippen molar-refractivity contribution in [3.8, 4) is 0 Å². The first-order chi connectivity index (χ1) is 14.3. The number of carbonyl (C=O) groups excluding carboxylic acids is 3. The summed E-state index contributed by atoms with van der Waals surface area (Å²) in [5, 5.41) is 0.686. The molecule has 2 aromatic carbocycles.